The van der Waals surface area contributed by atoms with E-state index < -0.39 is 17.6 Å². The lowest BCUT2D eigenvalue weighted by Crippen LogP contribution is -2.16. The van der Waals surface area contributed by atoms with Crippen molar-refractivity contribution in [2.24, 2.45) is 0 Å². The molecule has 0 saturated heterocycles. The van der Waals surface area contributed by atoms with Gasteiger partial charge in [-0.05, 0) is 18.2 Å². The summed E-state index contributed by atoms with van der Waals surface area (Å²) in [6.45, 7) is 0. The van der Waals surface area contributed by atoms with Crippen molar-refractivity contribution in [1.82, 2.24) is 19.7 Å². The van der Waals surface area contributed by atoms with E-state index in [1.54, 1.807) is 0 Å². The lowest BCUT2D eigenvalue weighted by Gasteiger charge is -2.11. The molecule has 168 valence electrons. The summed E-state index contributed by atoms with van der Waals surface area (Å²) in [4.78, 5) is 16.1. The summed E-state index contributed by atoms with van der Waals surface area (Å²) < 4.78 is 40.1. The molecule has 2 aromatic heterocycles. The van der Waals surface area contributed by atoms with Crippen molar-refractivity contribution in [3.8, 4) is 17.1 Å². The molecule has 1 N–H and O–H groups in total. The Morgan fingerprint density at radius 1 is 1.03 bits per heavy atom. The molecule has 1 amide bonds. The number of nitrogens with one attached hydrogen (secondary N) is 1. The molecule has 0 saturated carbocycles. The van der Waals surface area contributed by atoms with Gasteiger partial charge in [0.2, 0.25) is 5.91 Å². The largest absolute Gasteiger partial charge is 0.417 e. The van der Waals surface area contributed by atoms with Gasteiger partial charge in [0.25, 0.3) is 0 Å². The predicted molar refractivity (Wildman–Crippen MR) is 120 cm³/mol. The third kappa shape index (κ3) is 5.35. The van der Waals surface area contributed by atoms with Crippen molar-refractivity contribution in [3.05, 3.63) is 83.5 Å². The van der Waals surface area contributed by atoms with Crippen molar-refractivity contribution >= 4 is 35.1 Å². The van der Waals surface area contributed by atoms with Crippen LogP contribution in [0.5, 0.6) is 0 Å². The van der Waals surface area contributed by atoms with Crippen LogP contribution in [0.3, 0.4) is 0 Å². The van der Waals surface area contributed by atoms with Crippen molar-refractivity contribution in [3.63, 3.8) is 0 Å². The second-order valence-corrected chi connectivity index (χ2v) is 8.08. The number of hydrogen-bond acceptors (Lipinski definition) is 5. The van der Waals surface area contributed by atoms with Crippen LogP contribution < -0.4 is 5.32 Å². The molecule has 0 unspecified atom stereocenters. The maximum Gasteiger partial charge on any atom is 0.417 e. The summed E-state index contributed by atoms with van der Waals surface area (Å²) >= 11 is 6.99. The Hall–Kier alpha value is -3.37. The Balaban J connectivity index is 1.53. The van der Waals surface area contributed by atoms with Crippen LogP contribution in [0.4, 0.5) is 19.0 Å². The Morgan fingerprint density at radius 3 is 2.33 bits per heavy atom. The number of nitrogens with zero attached hydrogens (tertiary/aromatic N) is 4. The number of amides is 1. The highest BCUT2D eigenvalue weighted by Crippen LogP contribution is 2.32. The van der Waals surface area contributed by atoms with Gasteiger partial charge in [-0.1, -0.05) is 71.9 Å². The van der Waals surface area contributed by atoms with Gasteiger partial charge in [-0.2, -0.15) is 13.2 Å². The van der Waals surface area contributed by atoms with Gasteiger partial charge < -0.3 is 5.32 Å². The van der Waals surface area contributed by atoms with Crippen LogP contribution in [0.25, 0.3) is 17.1 Å². The van der Waals surface area contributed by atoms with Crippen molar-refractivity contribution in [2.45, 2.75) is 11.3 Å². The molecule has 4 rings (SSSR count). The van der Waals surface area contributed by atoms with Crippen LogP contribution in [0.15, 0.2) is 78.1 Å². The van der Waals surface area contributed by atoms with Gasteiger partial charge in [0, 0.05) is 17.4 Å². The van der Waals surface area contributed by atoms with E-state index in [-0.39, 0.29) is 16.6 Å². The van der Waals surface area contributed by atoms with Gasteiger partial charge in [0.05, 0.1) is 16.3 Å². The fraction of sp³-hybridized carbons (Fsp3) is 0.0909. The molecule has 0 fully saturated rings. The molecule has 2 aromatic carbocycles. The number of rotatable bonds is 6. The van der Waals surface area contributed by atoms with Crippen molar-refractivity contribution in [2.75, 3.05) is 11.1 Å². The zero-order chi connectivity index (χ0) is 23.4. The number of thioether (sulfide) groups is 1. The number of pyridine rings is 1. The molecule has 0 aliphatic heterocycles. The highest BCUT2D eigenvalue weighted by Gasteiger charge is 2.31. The molecule has 11 heteroatoms. The molecule has 33 heavy (non-hydrogen) atoms. The minimum absolute atomic E-state index is 0.0845. The van der Waals surface area contributed by atoms with E-state index in [0.29, 0.717) is 17.2 Å². The van der Waals surface area contributed by atoms with E-state index in [9.17, 15) is 18.0 Å². The van der Waals surface area contributed by atoms with Gasteiger partial charge in [-0.25, -0.2) is 4.98 Å². The standard InChI is InChI=1S/C22H15ClF3N5OS/c23-17-11-15(22(24,25)26)12-27-19(17)28-18(32)13-33-21-30-29-20(14-7-3-1-4-8-14)31(21)16-9-5-2-6-10-16/h1-12H,13H2,(H,27,28,32). The zero-order valence-electron chi connectivity index (χ0n) is 16.8. The smallest absolute Gasteiger partial charge is 0.309 e. The van der Waals surface area contributed by atoms with E-state index in [1.807, 2.05) is 65.2 Å². The Labute approximate surface area is 195 Å². The highest BCUT2D eigenvalue weighted by molar-refractivity contribution is 7.99. The maximum absolute atomic E-state index is 12.8. The number of aromatic nitrogens is 4. The summed E-state index contributed by atoms with van der Waals surface area (Å²) in [6, 6.07) is 19.6. The second kappa shape index (κ2) is 9.63. The van der Waals surface area contributed by atoms with Crippen LogP contribution in [-0.2, 0) is 11.0 Å². The average molecular weight is 490 g/mol. The van der Waals surface area contributed by atoms with Crippen LogP contribution in [0.1, 0.15) is 5.56 Å². The molecular weight excluding hydrogens is 475 g/mol. The van der Waals surface area contributed by atoms with Gasteiger partial charge in [0.15, 0.2) is 16.8 Å². The SMILES string of the molecule is O=C(CSc1nnc(-c2ccccc2)n1-c1ccccc1)Nc1ncc(C(F)(F)F)cc1Cl. The second-order valence-electron chi connectivity index (χ2n) is 6.73. The molecule has 4 aromatic rings. The van der Waals surface area contributed by atoms with Crippen LogP contribution in [0, 0.1) is 0 Å². The van der Waals surface area contributed by atoms with Crippen LogP contribution in [0.2, 0.25) is 5.02 Å². The minimum atomic E-state index is -4.58. The number of para-hydroxylation sites is 1. The first-order valence-corrected chi connectivity index (χ1v) is 10.9. The summed E-state index contributed by atoms with van der Waals surface area (Å²) in [5, 5.41) is 11.1. The van der Waals surface area contributed by atoms with Crippen LogP contribution >= 0.6 is 23.4 Å². The first-order valence-electron chi connectivity index (χ1n) is 9.54. The first kappa shape index (κ1) is 22.8. The van der Waals surface area contributed by atoms with E-state index in [2.05, 4.69) is 20.5 Å². The highest BCUT2D eigenvalue weighted by atomic mass is 35.5. The average Bonchev–Trinajstić information content (AvgIpc) is 3.23. The Morgan fingerprint density at radius 2 is 1.70 bits per heavy atom. The fourth-order valence-electron chi connectivity index (χ4n) is 2.93. The number of anilines is 1. The van der Waals surface area contributed by atoms with E-state index in [4.69, 9.17) is 11.6 Å². The normalized spacial score (nSPS) is 11.4. The quantitative estimate of drug-likeness (QED) is 0.350. The summed E-state index contributed by atoms with van der Waals surface area (Å²) in [7, 11) is 0. The monoisotopic (exact) mass is 489 g/mol. The Bertz CT molecular complexity index is 1270. The number of carbonyl (C=O) groups is 1. The minimum Gasteiger partial charge on any atom is -0.309 e. The molecule has 2 heterocycles. The lowest BCUT2D eigenvalue weighted by molar-refractivity contribution is -0.137. The molecule has 0 spiro atoms. The lowest BCUT2D eigenvalue weighted by atomic mass is 10.2. The molecular formula is C22H15ClF3N5OS. The first-order chi connectivity index (χ1) is 15.8. The molecule has 0 aliphatic rings. The van der Waals surface area contributed by atoms with Crippen molar-refractivity contribution in [1.29, 1.82) is 0 Å². The van der Waals surface area contributed by atoms with Crippen molar-refractivity contribution < 1.29 is 18.0 Å². The summed E-state index contributed by atoms with van der Waals surface area (Å²) in [5.41, 5.74) is 0.673. The molecule has 0 atom stereocenters. The third-order valence-corrected chi connectivity index (χ3v) is 5.66. The van der Waals surface area contributed by atoms with Gasteiger partial charge in [-0.15, -0.1) is 10.2 Å². The molecule has 0 aliphatic carbocycles. The maximum atomic E-state index is 12.8. The number of halogens is 4. The molecule has 0 bridgehead atoms. The van der Waals surface area contributed by atoms with Gasteiger partial charge in [-0.3, -0.25) is 9.36 Å². The van der Waals surface area contributed by atoms with Gasteiger partial charge >= 0.3 is 6.18 Å². The number of alkyl halides is 3. The summed E-state index contributed by atoms with van der Waals surface area (Å²) in [5.74, 6) is -0.126. The summed E-state index contributed by atoms with van der Waals surface area (Å²) in [6.07, 6.45) is -3.96. The Kier molecular flexibility index (Phi) is 6.66. The third-order valence-electron chi connectivity index (χ3n) is 4.44. The zero-order valence-corrected chi connectivity index (χ0v) is 18.3. The van der Waals surface area contributed by atoms with E-state index in [0.717, 1.165) is 29.1 Å². The topological polar surface area (TPSA) is 72.7 Å². The molecule has 0 radical (unpaired) electrons. The van der Waals surface area contributed by atoms with Crippen LogP contribution in [-0.4, -0.2) is 31.4 Å². The van der Waals surface area contributed by atoms with E-state index in [1.165, 1.54) is 0 Å². The fourth-order valence-corrected chi connectivity index (χ4v) is 3.90. The predicted octanol–water partition coefficient (Wildman–Crippen LogP) is 5.73. The number of benzene rings is 2. The van der Waals surface area contributed by atoms with E-state index >= 15 is 0 Å². The molecule has 6 nitrogen and oxygen atoms in total. The number of hydrogen-bond donors (Lipinski definition) is 1. The van der Waals surface area contributed by atoms with Gasteiger partial charge in [0.1, 0.15) is 0 Å². The number of carbonyl (C=O) groups excluding carboxylic acids is 1.